The molecular formula is C16H18BrN3O5S2. The molecule has 0 radical (unpaired) electrons. The predicted octanol–water partition coefficient (Wildman–Crippen LogP) is 1.03. The zero-order valence-electron chi connectivity index (χ0n) is 14.3. The van der Waals surface area contributed by atoms with Crippen LogP contribution in [-0.2, 0) is 31.4 Å². The third-order valence-corrected chi connectivity index (χ3v) is 6.91. The van der Waals surface area contributed by atoms with Crippen LogP contribution < -0.4 is 10.5 Å². The molecule has 0 spiro atoms. The highest BCUT2D eigenvalue weighted by Gasteiger charge is 2.22. The van der Waals surface area contributed by atoms with Gasteiger partial charge in [-0.1, -0.05) is 28.1 Å². The zero-order chi connectivity index (χ0) is 20.2. The first-order chi connectivity index (χ1) is 12.5. The molecule has 2 aromatic carbocycles. The molecule has 0 unspecified atom stereocenters. The molecule has 0 saturated carbocycles. The predicted molar refractivity (Wildman–Crippen MR) is 104 cm³/mol. The molecular weight excluding hydrogens is 458 g/mol. The number of carbonyl (C=O) groups is 1. The lowest BCUT2D eigenvalue weighted by Gasteiger charge is -2.17. The average Bonchev–Trinajstić information content (AvgIpc) is 2.60. The summed E-state index contributed by atoms with van der Waals surface area (Å²) in [5, 5.41) is 7.61. The van der Waals surface area contributed by atoms with Crippen molar-refractivity contribution >= 4 is 41.9 Å². The van der Waals surface area contributed by atoms with Crippen LogP contribution in [0.5, 0.6) is 0 Å². The first-order valence-electron chi connectivity index (χ1n) is 7.60. The number of benzene rings is 2. The fraction of sp³-hybridized carbons (Fsp3) is 0.188. The number of carbonyl (C=O) groups excluding carboxylic acids is 1. The maximum Gasteiger partial charge on any atom is 0.243 e. The van der Waals surface area contributed by atoms with Crippen molar-refractivity contribution in [3.8, 4) is 0 Å². The van der Waals surface area contributed by atoms with Crippen molar-refractivity contribution in [2.45, 2.75) is 16.3 Å². The van der Waals surface area contributed by atoms with Gasteiger partial charge < -0.3 is 5.32 Å². The van der Waals surface area contributed by atoms with Crippen molar-refractivity contribution in [1.29, 1.82) is 0 Å². The topological polar surface area (TPSA) is 127 Å². The van der Waals surface area contributed by atoms with Crippen LogP contribution in [0.15, 0.2) is 62.8 Å². The van der Waals surface area contributed by atoms with E-state index < -0.39 is 26.0 Å². The number of hydrogen-bond donors (Lipinski definition) is 2. The van der Waals surface area contributed by atoms with Gasteiger partial charge in [0.1, 0.15) is 0 Å². The Morgan fingerprint density at radius 2 is 1.52 bits per heavy atom. The SMILES string of the molecule is CN(CC(=O)NCc1ccc(S(N)(=O)=O)cc1)S(=O)(=O)c1ccc(Br)cc1. The van der Waals surface area contributed by atoms with Crippen molar-refractivity contribution in [2.24, 2.45) is 5.14 Å². The second-order valence-corrected chi connectivity index (χ2v) is 10.2. The van der Waals surface area contributed by atoms with Gasteiger partial charge in [0.25, 0.3) is 0 Å². The summed E-state index contributed by atoms with van der Waals surface area (Å²) in [5.74, 6) is -0.492. The minimum Gasteiger partial charge on any atom is -0.351 e. The van der Waals surface area contributed by atoms with E-state index in [0.717, 1.165) is 8.78 Å². The van der Waals surface area contributed by atoms with Gasteiger partial charge in [-0.05, 0) is 42.0 Å². The summed E-state index contributed by atoms with van der Waals surface area (Å²) in [7, 11) is -6.24. The van der Waals surface area contributed by atoms with Crippen LogP contribution in [0.25, 0.3) is 0 Å². The van der Waals surface area contributed by atoms with Crippen LogP contribution in [-0.4, -0.2) is 40.6 Å². The van der Waals surface area contributed by atoms with Gasteiger partial charge in [0, 0.05) is 18.1 Å². The van der Waals surface area contributed by atoms with Gasteiger partial charge >= 0.3 is 0 Å². The van der Waals surface area contributed by atoms with Gasteiger partial charge in [0.05, 0.1) is 16.3 Å². The van der Waals surface area contributed by atoms with Crippen molar-refractivity contribution in [1.82, 2.24) is 9.62 Å². The number of primary sulfonamides is 1. The highest BCUT2D eigenvalue weighted by atomic mass is 79.9. The number of nitrogens with two attached hydrogens (primary N) is 1. The van der Waals surface area contributed by atoms with E-state index in [4.69, 9.17) is 5.14 Å². The summed E-state index contributed by atoms with van der Waals surface area (Å²) in [5.41, 5.74) is 0.647. The highest BCUT2D eigenvalue weighted by molar-refractivity contribution is 9.10. The summed E-state index contributed by atoms with van der Waals surface area (Å²) in [6.45, 7) is -0.233. The lowest BCUT2D eigenvalue weighted by atomic mass is 10.2. The van der Waals surface area contributed by atoms with Crippen LogP contribution in [0.4, 0.5) is 0 Å². The Morgan fingerprint density at radius 3 is 2.04 bits per heavy atom. The molecule has 0 aliphatic carbocycles. The highest BCUT2D eigenvalue weighted by Crippen LogP contribution is 2.17. The van der Waals surface area contributed by atoms with E-state index in [1.165, 1.54) is 43.4 Å². The molecule has 3 N–H and O–H groups in total. The molecule has 0 bridgehead atoms. The fourth-order valence-corrected chi connectivity index (χ4v) is 4.03. The smallest absolute Gasteiger partial charge is 0.243 e. The second-order valence-electron chi connectivity index (χ2n) is 5.68. The van der Waals surface area contributed by atoms with E-state index in [1.807, 2.05) is 0 Å². The van der Waals surface area contributed by atoms with E-state index in [9.17, 15) is 21.6 Å². The Labute approximate surface area is 166 Å². The molecule has 0 saturated heterocycles. The van der Waals surface area contributed by atoms with Crippen LogP contribution in [0.3, 0.4) is 0 Å². The molecule has 1 amide bonds. The molecule has 2 aromatic rings. The molecule has 0 heterocycles. The number of amides is 1. The number of likely N-dealkylation sites (N-methyl/N-ethyl adjacent to an activating group) is 1. The summed E-state index contributed by atoms with van der Waals surface area (Å²) in [6.07, 6.45) is 0. The van der Waals surface area contributed by atoms with Gasteiger partial charge in [-0.25, -0.2) is 22.0 Å². The zero-order valence-corrected chi connectivity index (χ0v) is 17.5. The van der Waals surface area contributed by atoms with E-state index in [2.05, 4.69) is 21.2 Å². The van der Waals surface area contributed by atoms with E-state index in [1.54, 1.807) is 12.1 Å². The van der Waals surface area contributed by atoms with E-state index in [-0.39, 0.29) is 22.9 Å². The Morgan fingerprint density at radius 1 is 1.00 bits per heavy atom. The van der Waals surface area contributed by atoms with Gasteiger partial charge in [0.2, 0.25) is 26.0 Å². The molecule has 8 nitrogen and oxygen atoms in total. The summed E-state index contributed by atoms with van der Waals surface area (Å²) >= 11 is 3.23. The minimum absolute atomic E-state index is 0.0297. The minimum atomic E-state index is -3.78. The second kappa shape index (κ2) is 8.48. The molecule has 0 aromatic heterocycles. The van der Waals surface area contributed by atoms with E-state index >= 15 is 0 Å². The lowest BCUT2D eigenvalue weighted by molar-refractivity contribution is -0.121. The monoisotopic (exact) mass is 475 g/mol. The Kier molecular flexibility index (Phi) is 6.76. The normalized spacial score (nSPS) is 12.1. The summed E-state index contributed by atoms with van der Waals surface area (Å²) in [6, 6.07) is 11.8. The van der Waals surface area contributed by atoms with E-state index in [0.29, 0.717) is 5.56 Å². The van der Waals surface area contributed by atoms with Gasteiger partial charge in [-0.3, -0.25) is 4.79 Å². The molecule has 0 fully saturated rings. The van der Waals surface area contributed by atoms with Crippen LogP contribution in [0, 0.1) is 0 Å². The number of nitrogens with one attached hydrogen (secondary N) is 1. The number of hydrogen-bond acceptors (Lipinski definition) is 5. The summed E-state index contributed by atoms with van der Waals surface area (Å²) < 4.78 is 49.0. The third-order valence-electron chi connectivity index (χ3n) is 3.63. The van der Waals surface area contributed by atoms with Crippen molar-refractivity contribution in [3.05, 3.63) is 58.6 Å². The van der Waals surface area contributed by atoms with Gasteiger partial charge in [0.15, 0.2) is 0 Å². The Bertz CT molecular complexity index is 1020. The van der Waals surface area contributed by atoms with Crippen LogP contribution in [0.1, 0.15) is 5.56 Å². The van der Waals surface area contributed by atoms with Crippen LogP contribution in [0.2, 0.25) is 0 Å². The fourth-order valence-electron chi connectivity index (χ4n) is 2.13. The maximum absolute atomic E-state index is 12.4. The molecule has 27 heavy (non-hydrogen) atoms. The maximum atomic E-state index is 12.4. The average molecular weight is 476 g/mol. The Balaban J connectivity index is 1.96. The molecule has 11 heteroatoms. The van der Waals surface area contributed by atoms with Crippen molar-refractivity contribution in [2.75, 3.05) is 13.6 Å². The molecule has 0 atom stereocenters. The largest absolute Gasteiger partial charge is 0.351 e. The third kappa shape index (κ3) is 5.84. The van der Waals surface area contributed by atoms with Crippen LogP contribution >= 0.6 is 15.9 Å². The Hall–Kier alpha value is -1.79. The first kappa shape index (κ1) is 21.5. The summed E-state index contributed by atoms with van der Waals surface area (Å²) in [4.78, 5) is 12.1. The number of sulfonamides is 2. The molecule has 146 valence electrons. The quantitative estimate of drug-likeness (QED) is 0.618. The number of rotatable bonds is 7. The van der Waals surface area contributed by atoms with Gasteiger partial charge in [-0.15, -0.1) is 0 Å². The first-order valence-corrected chi connectivity index (χ1v) is 11.4. The number of halogens is 1. The standard InChI is InChI=1S/C16H18BrN3O5S2/c1-20(27(24,25)15-8-4-13(17)5-9-15)11-16(21)19-10-12-2-6-14(7-3-12)26(18,22)23/h2-9H,10-11H2,1H3,(H,19,21)(H2,18,22,23). The number of nitrogens with zero attached hydrogens (tertiary/aromatic N) is 1. The molecule has 0 aliphatic heterocycles. The molecule has 2 rings (SSSR count). The van der Waals surface area contributed by atoms with Gasteiger partial charge in [-0.2, -0.15) is 4.31 Å². The molecule has 0 aliphatic rings. The van der Waals surface area contributed by atoms with Crippen molar-refractivity contribution in [3.63, 3.8) is 0 Å². The lowest BCUT2D eigenvalue weighted by Crippen LogP contribution is -2.38. The van der Waals surface area contributed by atoms with Crippen molar-refractivity contribution < 1.29 is 21.6 Å².